The highest BCUT2D eigenvalue weighted by Crippen LogP contribution is 2.19. The Hall–Kier alpha value is -1.61. The van der Waals surface area contributed by atoms with Crippen molar-refractivity contribution in [3.63, 3.8) is 0 Å². The first-order valence-corrected chi connectivity index (χ1v) is 12.0. The van der Waals surface area contributed by atoms with Gasteiger partial charge in [-0.1, -0.05) is 0 Å². The van der Waals surface area contributed by atoms with Gasteiger partial charge in [0.25, 0.3) is 0 Å². The molecule has 1 aromatic heterocycles. The van der Waals surface area contributed by atoms with Crippen LogP contribution in [0, 0.1) is 19.8 Å². The Balaban J connectivity index is 1.91. The number of piperidine rings is 1. The van der Waals surface area contributed by atoms with E-state index >= 15 is 0 Å². The second-order valence-corrected chi connectivity index (χ2v) is 9.83. The number of aromatic nitrogens is 2. The molecule has 1 fully saturated rings. The zero-order chi connectivity index (χ0) is 20.9. The van der Waals surface area contributed by atoms with Crippen LogP contribution in [0.25, 0.3) is 0 Å². The van der Waals surface area contributed by atoms with Gasteiger partial charge in [-0.2, -0.15) is 5.10 Å². The maximum absolute atomic E-state index is 11.6. The van der Waals surface area contributed by atoms with Crippen molar-refractivity contribution in [3.8, 4) is 0 Å². The van der Waals surface area contributed by atoms with Gasteiger partial charge in [-0.05, 0) is 58.4 Å². The van der Waals surface area contributed by atoms with E-state index in [1.807, 2.05) is 11.7 Å². The van der Waals surface area contributed by atoms with Gasteiger partial charge in [0.05, 0.1) is 11.9 Å². The van der Waals surface area contributed by atoms with Crippen molar-refractivity contribution in [2.75, 3.05) is 32.4 Å². The number of guanidine groups is 1. The molecule has 1 saturated heterocycles. The van der Waals surface area contributed by atoms with Gasteiger partial charge in [-0.15, -0.1) is 0 Å². The van der Waals surface area contributed by atoms with Crippen molar-refractivity contribution < 1.29 is 8.42 Å². The highest BCUT2D eigenvalue weighted by molar-refractivity contribution is 7.88. The zero-order valence-electron chi connectivity index (χ0n) is 18.1. The SMILES string of the molecule is CCNC(=NCC1CCN(S(C)(=O)=O)CC1)NC(C)Cc1c(C)nn(C)c1C. The van der Waals surface area contributed by atoms with Gasteiger partial charge in [0.2, 0.25) is 10.0 Å². The average molecular weight is 413 g/mol. The number of rotatable bonds is 7. The lowest BCUT2D eigenvalue weighted by molar-refractivity contribution is 0.280. The summed E-state index contributed by atoms with van der Waals surface area (Å²) in [6.45, 7) is 11.1. The van der Waals surface area contributed by atoms with E-state index in [1.165, 1.54) is 17.5 Å². The summed E-state index contributed by atoms with van der Waals surface area (Å²) in [7, 11) is -1.10. The highest BCUT2D eigenvalue weighted by Gasteiger charge is 2.24. The Bertz CT molecular complexity index is 779. The number of nitrogens with one attached hydrogen (secondary N) is 2. The molecule has 0 saturated carbocycles. The van der Waals surface area contributed by atoms with Crippen molar-refractivity contribution in [1.82, 2.24) is 24.7 Å². The minimum Gasteiger partial charge on any atom is -0.357 e. The molecular weight excluding hydrogens is 376 g/mol. The van der Waals surface area contributed by atoms with Gasteiger partial charge < -0.3 is 10.6 Å². The number of hydrogen-bond donors (Lipinski definition) is 2. The first kappa shape index (κ1) is 22.7. The molecule has 1 unspecified atom stereocenters. The zero-order valence-corrected chi connectivity index (χ0v) is 18.9. The van der Waals surface area contributed by atoms with Crippen LogP contribution in [-0.4, -0.2) is 66.9 Å². The minimum absolute atomic E-state index is 0.228. The van der Waals surface area contributed by atoms with E-state index in [0.29, 0.717) is 25.6 Å². The smallest absolute Gasteiger partial charge is 0.211 e. The van der Waals surface area contributed by atoms with E-state index in [2.05, 4.69) is 43.4 Å². The fraction of sp³-hybridized carbons (Fsp3) is 0.789. The molecule has 2 heterocycles. The molecule has 28 heavy (non-hydrogen) atoms. The molecule has 8 nitrogen and oxygen atoms in total. The molecule has 1 aromatic rings. The van der Waals surface area contributed by atoms with Crippen LogP contribution in [0.5, 0.6) is 0 Å². The molecule has 0 amide bonds. The molecule has 0 radical (unpaired) electrons. The normalized spacial score (nSPS) is 18.3. The van der Waals surface area contributed by atoms with Crippen molar-refractivity contribution >= 4 is 16.0 Å². The Morgan fingerprint density at radius 3 is 2.46 bits per heavy atom. The van der Waals surface area contributed by atoms with Crippen LogP contribution in [0.3, 0.4) is 0 Å². The molecule has 0 bridgehead atoms. The van der Waals surface area contributed by atoms with Crippen molar-refractivity contribution in [2.24, 2.45) is 18.0 Å². The highest BCUT2D eigenvalue weighted by atomic mass is 32.2. The summed E-state index contributed by atoms with van der Waals surface area (Å²) in [4.78, 5) is 4.76. The van der Waals surface area contributed by atoms with Gasteiger partial charge in [0.1, 0.15) is 0 Å². The summed E-state index contributed by atoms with van der Waals surface area (Å²) in [6.07, 6.45) is 3.90. The molecule has 1 aliphatic heterocycles. The summed E-state index contributed by atoms with van der Waals surface area (Å²) < 4.78 is 26.8. The Morgan fingerprint density at radius 2 is 1.96 bits per heavy atom. The van der Waals surface area contributed by atoms with Crippen LogP contribution < -0.4 is 10.6 Å². The van der Waals surface area contributed by atoms with Gasteiger partial charge in [0, 0.05) is 45.0 Å². The van der Waals surface area contributed by atoms with E-state index in [0.717, 1.165) is 37.5 Å². The standard InChI is InChI=1S/C19H36N6O2S/c1-7-20-19(21-13-17-8-10-25(11-9-17)28(6,26)27)22-14(2)12-18-15(3)23-24(5)16(18)4/h14,17H,7-13H2,1-6H3,(H2,20,21,22). The van der Waals surface area contributed by atoms with E-state index in [4.69, 9.17) is 4.99 Å². The van der Waals surface area contributed by atoms with Crippen molar-refractivity contribution in [2.45, 2.75) is 53.0 Å². The lowest BCUT2D eigenvalue weighted by Gasteiger charge is -2.29. The summed E-state index contributed by atoms with van der Waals surface area (Å²) >= 11 is 0. The number of hydrogen-bond acceptors (Lipinski definition) is 4. The fourth-order valence-corrected chi connectivity index (χ4v) is 4.54. The predicted octanol–water partition coefficient (Wildman–Crippen LogP) is 1.19. The number of sulfonamides is 1. The Morgan fingerprint density at radius 1 is 1.32 bits per heavy atom. The average Bonchev–Trinajstić information content (AvgIpc) is 2.85. The monoisotopic (exact) mass is 412 g/mol. The van der Waals surface area contributed by atoms with Crippen LogP contribution in [-0.2, 0) is 23.5 Å². The second kappa shape index (κ2) is 9.73. The van der Waals surface area contributed by atoms with E-state index in [-0.39, 0.29) is 6.04 Å². The van der Waals surface area contributed by atoms with Gasteiger partial charge in [-0.25, -0.2) is 12.7 Å². The van der Waals surface area contributed by atoms with Crippen molar-refractivity contribution in [1.29, 1.82) is 0 Å². The maximum Gasteiger partial charge on any atom is 0.211 e. The third kappa shape index (κ3) is 6.20. The molecule has 2 N–H and O–H groups in total. The van der Waals surface area contributed by atoms with Crippen molar-refractivity contribution in [3.05, 3.63) is 17.0 Å². The predicted molar refractivity (Wildman–Crippen MR) is 114 cm³/mol. The van der Waals surface area contributed by atoms with E-state index in [1.54, 1.807) is 4.31 Å². The van der Waals surface area contributed by atoms with Gasteiger partial charge in [-0.3, -0.25) is 9.67 Å². The van der Waals surface area contributed by atoms with Gasteiger partial charge in [0.15, 0.2) is 5.96 Å². The summed E-state index contributed by atoms with van der Waals surface area (Å²) in [6, 6.07) is 0.228. The molecule has 1 atom stereocenters. The molecule has 160 valence electrons. The van der Waals surface area contributed by atoms with E-state index in [9.17, 15) is 8.42 Å². The molecular formula is C19H36N6O2S. The van der Waals surface area contributed by atoms with Crippen LogP contribution in [0.2, 0.25) is 0 Å². The Labute approximate surface area is 169 Å². The molecule has 0 aliphatic carbocycles. The van der Waals surface area contributed by atoms with Gasteiger partial charge >= 0.3 is 0 Å². The van der Waals surface area contributed by atoms with Crippen LogP contribution in [0.15, 0.2) is 4.99 Å². The molecule has 1 aliphatic rings. The third-order valence-corrected chi connectivity index (χ3v) is 6.75. The van der Waals surface area contributed by atoms with Crippen LogP contribution in [0.4, 0.5) is 0 Å². The quantitative estimate of drug-likeness (QED) is 0.519. The summed E-state index contributed by atoms with van der Waals surface area (Å²) in [5.41, 5.74) is 3.56. The second-order valence-electron chi connectivity index (χ2n) is 7.85. The summed E-state index contributed by atoms with van der Waals surface area (Å²) in [5, 5.41) is 11.3. The molecule has 2 rings (SSSR count). The largest absolute Gasteiger partial charge is 0.357 e. The molecule has 0 aromatic carbocycles. The lowest BCUT2D eigenvalue weighted by Crippen LogP contribution is -2.44. The van der Waals surface area contributed by atoms with Crippen LogP contribution in [0.1, 0.15) is 43.6 Å². The Kier molecular flexibility index (Phi) is 7.88. The third-order valence-electron chi connectivity index (χ3n) is 5.45. The first-order valence-electron chi connectivity index (χ1n) is 10.1. The molecule has 9 heteroatoms. The summed E-state index contributed by atoms with van der Waals surface area (Å²) in [5.74, 6) is 1.24. The number of aliphatic imine (C=N–C) groups is 1. The maximum atomic E-state index is 11.6. The minimum atomic E-state index is -3.07. The van der Waals surface area contributed by atoms with Crippen LogP contribution >= 0.6 is 0 Å². The fourth-order valence-electron chi connectivity index (χ4n) is 3.67. The topological polar surface area (TPSA) is 91.6 Å². The van der Waals surface area contributed by atoms with E-state index < -0.39 is 10.0 Å². The molecule has 0 spiro atoms. The number of nitrogens with zero attached hydrogens (tertiary/aromatic N) is 4. The first-order chi connectivity index (χ1) is 13.1. The number of aryl methyl sites for hydroxylation is 2. The lowest BCUT2D eigenvalue weighted by atomic mass is 9.98.